The molecule has 0 unspecified atom stereocenters. The highest BCUT2D eigenvalue weighted by molar-refractivity contribution is 5.79. The van der Waals surface area contributed by atoms with Crippen LogP contribution >= 0.6 is 0 Å². The Morgan fingerprint density at radius 2 is 1.91 bits per heavy atom. The van der Waals surface area contributed by atoms with E-state index in [4.69, 9.17) is 19.2 Å². The normalized spacial score (nSPS) is 21.5. The number of rotatable bonds is 8. The van der Waals surface area contributed by atoms with E-state index >= 15 is 0 Å². The molecule has 0 amide bonds. The SMILES string of the molecule is CCNC(=NCC1(c2ccc3c(c2)OCO3)CCOCC1)NCCCN1CCC(C)CC1. The molecule has 0 spiro atoms. The fourth-order valence-corrected chi connectivity index (χ4v) is 4.89. The van der Waals surface area contributed by atoms with Crippen LogP contribution in [0.5, 0.6) is 11.5 Å². The van der Waals surface area contributed by atoms with Crippen molar-refractivity contribution in [1.82, 2.24) is 15.5 Å². The highest BCUT2D eigenvalue weighted by Crippen LogP contribution is 2.41. The Balaban J connectivity index is 1.36. The minimum Gasteiger partial charge on any atom is -0.454 e. The van der Waals surface area contributed by atoms with E-state index < -0.39 is 0 Å². The first kappa shape index (κ1) is 23.2. The second kappa shape index (κ2) is 11.2. The number of nitrogens with one attached hydrogen (secondary N) is 2. The summed E-state index contributed by atoms with van der Waals surface area (Å²) in [6.07, 6.45) is 5.73. The van der Waals surface area contributed by atoms with Crippen molar-refractivity contribution in [2.24, 2.45) is 10.9 Å². The first-order chi connectivity index (χ1) is 15.7. The quantitative estimate of drug-likeness (QED) is 0.365. The minimum absolute atomic E-state index is 0.0356. The van der Waals surface area contributed by atoms with E-state index in [-0.39, 0.29) is 5.41 Å². The summed E-state index contributed by atoms with van der Waals surface area (Å²) in [5.74, 6) is 3.47. The predicted octanol–water partition coefficient (Wildman–Crippen LogP) is 3.14. The maximum atomic E-state index is 5.70. The van der Waals surface area contributed by atoms with Crippen molar-refractivity contribution in [3.63, 3.8) is 0 Å². The van der Waals surface area contributed by atoms with E-state index in [1.165, 1.54) is 31.5 Å². The van der Waals surface area contributed by atoms with Gasteiger partial charge in [0, 0.05) is 31.7 Å². The van der Waals surface area contributed by atoms with Crippen molar-refractivity contribution < 1.29 is 14.2 Å². The smallest absolute Gasteiger partial charge is 0.231 e. The summed E-state index contributed by atoms with van der Waals surface area (Å²) in [6, 6.07) is 6.35. The van der Waals surface area contributed by atoms with Crippen LogP contribution < -0.4 is 20.1 Å². The number of aliphatic imine (C=N–C) groups is 1. The van der Waals surface area contributed by atoms with E-state index in [9.17, 15) is 0 Å². The molecule has 0 atom stereocenters. The summed E-state index contributed by atoms with van der Waals surface area (Å²) in [7, 11) is 0. The number of guanidine groups is 1. The number of fused-ring (bicyclic) bond motifs is 1. The average Bonchev–Trinajstić information content (AvgIpc) is 3.30. The lowest BCUT2D eigenvalue weighted by atomic mass is 9.74. The summed E-state index contributed by atoms with van der Waals surface area (Å²) in [5.41, 5.74) is 1.23. The van der Waals surface area contributed by atoms with Gasteiger partial charge in [0.1, 0.15) is 0 Å². The molecule has 32 heavy (non-hydrogen) atoms. The molecule has 7 heteroatoms. The molecular weight excluding hydrogens is 404 g/mol. The number of ether oxygens (including phenoxy) is 3. The van der Waals surface area contributed by atoms with Crippen LogP contribution in [0.25, 0.3) is 0 Å². The summed E-state index contributed by atoms with van der Waals surface area (Å²) in [5, 5.41) is 6.98. The Kier molecular flexibility index (Phi) is 8.14. The molecule has 0 radical (unpaired) electrons. The monoisotopic (exact) mass is 444 g/mol. The maximum Gasteiger partial charge on any atom is 0.231 e. The van der Waals surface area contributed by atoms with Gasteiger partial charge in [-0.3, -0.25) is 4.99 Å². The van der Waals surface area contributed by atoms with Gasteiger partial charge in [0.25, 0.3) is 0 Å². The van der Waals surface area contributed by atoms with Gasteiger partial charge in [-0.15, -0.1) is 0 Å². The third-order valence-corrected chi connectivity index (χ3v) is 7.14. The second-order valence-electron chi connectivity index (χ2n) is 9.46. The lowest BCUT2D eigenvalue weighted by Gasteiger charge is -2.36. The minimum atomic E-state index is -0.0356. The highest BCUT2D eigenvalue weighted by atomic mass is 16.7. The fourth-order valence-electron chi connectivity index (χ4n) is 4.89. The summed E-state index contributed by atoms with van der Waals surface area (Å²) in [6.45, 7) is 12.5. The van der Waals surface area contributed by atoms with Crippen LogP contribution in [0, 0.1) is 5.92 Å². The van der Waals surface area contributed by atoms with Crippen LogP contribution in [0.1, 0.15) is 51.5 Å². The zero-order valence-corrected chi connectivity index (χ0v) is 19.8. The number of piperidine rings is 1. The molecule has 0 bridgehead atoms. The van der Waals surface area contributed by atoms with Gasteiger partial charge in [0.05, 0.1) is 6.54 Å². The lowest BCUT2D eigenvalue weighted by Crippen LogP contribution is -2.42. The lowest BCUT2D eigenvalue weighted by molar-refractivity contribution is 0.0530. The Bertz CT molecular complexity index is 756. The molecule has 2 saturated heterocycles. The van der Waals surface area contributed by atoms with Crippen molar-refractivity contribution in [1.29, 1.82) is 0 Å². The van der Waals surface area contributed by atoms with Gasteiger partial charge < -0.3 is 29.7 Å². The number of likely N-dealkylation sites (tertiary alicyclic amines) is 1. The highest BCUT2D eigenvalue weighted by Gasteiger charge is 2.35. The van der Waals surface area contributed by atoms with Crippen LogP contribution in [-0.4, -0.2) is 70.1 Å². The largest absolute Gasteiger partial charge is 0.454 e. The molecule has 2 fully saturated rings. The Morgan fingerprint density at radius 3 is 2.69 bits per heavy atom. The average molecular weight is 445 g/mol. The van der Waals surface area contributed by atoms with Gasteiger partial charge in [-0.05, 0) is 82.3 Å². The van der Waals surface area contributed by atoms with E-state index in [0.29, 0.717) is 6.79 Å². The molecule has 7 nitrogen and oxygen atoms in total. The van der Waals surface area contributed by atoms with Crippen LogP contribution in [0.4, 0.5) is 0 Å². The number of hydrogen-bond acceptors (Lipinski definition) is 5. The number of hydrogen-bond donors (Lipinski definition) is 2. The topological polar surface area (TPSA) is 67.4 Å². The van der Waals surface area contributed by atoms with Gasteiger partial charge in [0.15, 0.2) is 17.5 Å². The van der Waals surface area contributed by atoms with E-state index in [1.54, 1.807) is 0 Å². The molecule has 1 aromatic rings. The maximum absolute atomic E-state index is 5.70. The summed E-state index contributed by atoms with van der Waals surface area (Å²) >= 11 is 0. The molecule has 0 aromatic heterocycles. The summed E-state index contributed by atoms with van der Waals surface area (Å²) in [4.78, 5) is 7.63. The molecule has 3 aliphatic rings. The second-order valence-corrected chi connectivity index (χ2v) is 9.46. The van der Waals surface area contributed by atoms with Crippen molar-refractivity contribution >= 4 is 5.96 Å². The van der Waals surface area contributed by atoms with Gasteiger partial charge in [-0.1, -0.05) is 13.0 Å². The molecule has 1 aromatic carbocycles. The van der Waals surface area contributed by atoms with Gasteiger partial charge >= 0.3 is 0 Å². The molecule has 0 saturated carbocycles. The molecule has 3 heterocycles. The van der Waals surface area contributed by atoms with Crippen LogP contribution in [0.15, 0.2) is 23.2 Å². The van der Waals surface area contributed by atoms with Crippen LogP contribution in [-0.2, 0) is 10.2 Å². The number of nitrogens with zero attached hydrogens (tertiary/aromatic N) is 2. The third kappa shape index (κ3) is 5.87. The molecule has 4 rings (SSSR count). The zero-order chi connectivity index (χ0) is 22.2. The number of benzene rings is 1. The van der Waals surface area contributed by atoms with E-state index in [1.807, 2.05) is 6.07 Å². The first-order valence-corrected chi connectivity index (χ1v) is 12.4. The third-order valence-electron chi connectivity index (χ3n) is 7.14. The van der Waals surface area contributed by atoms with Gasteiger partial charge in [-0.2, -0.15) is 0 Å². The van der Waals surface area contributed by atoms with E-state index in [2.05, 4.69) is 41.5 Å². The molecule has 178 valence electrons. The van der Waals surface area contributed by atoms with Gasteiger partial charge in [0.2, 0.25) is 6.79 Å². The van der Waals surface area contributed by atoms with Crippen molar-refractivity contribution in [3.05, 3.63) is 23.8 Å². The van der Waals surface area contributed by atoms with Crippen LogP contribution in [0.3, 0.4) is 0 Å². The van der Waals surface area contributed by atoms with Gasteiger partial charge in [-0.25, -0.2) is 0 Å². The summed E-state index contributed by atoms with van der Waals surface area (Å²) < 4.78 is 16.8. The van der Waals surface area contributed by atoms with Crippen LogP contribution in [0.2, 0.25) is 0 Å². The predicted molar refractivity (Wildman–Crippen MR) is 128 cm³/mol. The molecular formula is C25H40N4O3. The van der Waals surface area contributed by atoms with Crippen molar-refractivity contribution in [3.8, 4) is 11.5 Å². The fraction of sp³-hybridized carbons (Fsp3) is 0.720. The first-order valence-electron chi connectivity index (χ1n) is 12.4. The standard InChI is InChI=1S/C25H40N4O3/c1-3-26-24(27-11-4-12-29-13-7-20(2)8-14-29)28-18-25(9-15-30-16-10-25)21-5-6-22-23(17-21)32-19-31-22/h5-6,17,20H,3-4,7-16,18-19H2,1-2H3,(H2,26,27,28). The zero-order valence-electron chi connectivity index (χ0n) is 19.8. The Labute approximate surface area is 192 Å². The molecule has 2 N–H and O–H groups in total. The molecule has 3 aliphatic heterocycles. The molecule has 0 aliphatic carbocycles. The van der Waals surface area contributed by atoms with E-state index in [0.717, 1.165) is 82.0 Å². The van der Waals surface area contributed by atoms with Crippen molar-refractivity contribution in [2.75, 3.05) is 59.3 Å². The Morgan fingerprint density at radius 1 is 1.12 bits per heavy atom. The Hall–Kier alpha value is -1.99. The van der Waals surface area contributed by atoms with Crippen molar-refractivity contribution in [2.45, 2.75) is 51.4 Å².